The number of carboxylic acid groups (broad SMARTS) is 1. The first-order valence-corrected chi connectivity index (χ1v) is 6.69. The van der Waals surface area contributed by atoms with Gasteiger partial charge in [0, 0.05) is 13.1 Å². The molecule has 0 unspecified atom stereocenters. The third-order valence-corrected chi connectivity index (χ3v) is 3.02. The number of rotatable bonds is 5. The van der Waals surface area contributed by atoms with E-state index in [1.807, 2.05) is 0 Å². The Bertz CT molecular complexity index is 683. The van der Waals surface area contributed by atoms with Crippen LogP contribution in [0.1, 0.15) is 22.7 Å². The van der Waals surface area contributed by atoms with E-state index in [0.29, 0.717) is 11.6 Å². The van der Waals surface area contributed by atoms with Gasteiger partial charge in [0.1, 0.15) is 12.2 Å². The predicted molar refractivity (Wildman–Crippen MR) is 72.0 cm³/mol. The minimum absolute atomic E-state index is 0.0855. The van der Waals surface area contributed by atoms with E-state index in [1.54, 1.807) is 4.68 Å². The Morgan fingerprint density at radius 2 is 2.32 bits per heavy atom. The highest BCUT2D eigenvalue weighted by atomic mass is 16.4. The van der Waals surface area contributed by atoms with Gasteiger partial charge in [0.15, 0.2) is 0 Å². The highest BCUT2D eigenvalue weighted by Crippen LogP contribution is 2.10. The van der Waals surface area contributed by atoms with Crippen molar-refractivity contribution in [3.8, 4) is 0 Å². The third-order valence-electron chi connectivity index (χ3n) is 3.02. The van der Waals surface area contributed by atoms with E-state index in [2.05, 4.69) is 31.0 Å². The van der Waals surface area contributed by atoms with Crippen molar-refractivity contribution in [2.45, 2.75) is 26.1 Å². The lowest BCUT2D eigenvalue weighted by Crippen LogP contribution is -2.24. The van der Waals surface area contributed by atoms with Gasteiger partial charge in [-0.3, -0.25) is 9.59 Å². The minimum Gasteiger partial charge on any atom is -0.480 e. The maximum absolute atomic E-state index is 12.0. The van der Waals surface area contributed by atoms with E-state index in [9.17, 15) is 9.59 Å². The summed E-state index contributed by atoms with van der Waals surface area (Å²) >= 11 is 0. The summed E-state index contributed by atoms with van der Waals surface area (Å²) in [6, 6.07) is 0. The molecule has 0 fully saturated rings. The Morgan fingerprint density at radius 3 is 3.09 bits per heavy atom. The van der Waals surface area contributed by atoms with Crippen LogP contribution in [-0.2, 0) is 24.4 Å². The first-order chi connectivity index (χ1) is 10.6. The van der Waals surface area contributed by atoms with Crippen molar-refractivity contribution in [2.75, 3.05) is 11.9 Å². The van der Waals surface area contributed by atoms with E-state index in [1.165, 1.54) is 10.9 Å². The number of carboxylic acids is 1. The Morgan fingerprint density at radius 1 is 1.45 bits per heavy atom. The van der Waals surface area contributed by atoms with Gasteiger partial charge in [-0.2, -0.15) is 4.98 Å². The molecule has 0 aliphatic carbocycles. The molecule has 11 heteroatoms. The summed E-state index contributed by atoms with van der Waals surface area (Å²) in [7, 11) is 0. The van der Waals surface area contributed by atoms with E-state index in [4.69, 9.17) is 5.11 Å². The lowest BCUT2D eigenvalue weighted by Gasteiger charge is -2.12. The second-order valence-corrected chi connectivity index (χ2v) is 4.75. The Hall–Kier alpha value is -2.98. The predicted octanol–water partition coefficient (Wildman–Crippen LogP) is -1.30. The molecule has 3 N–H and O–H groups in total. The van der Waals surface area contributed by atoms with Gasteiger partial charge in [0.2, 0.25) is 11.8 Å². The van der Waals surface area contributed by atoms with Crippen LogP contribution in [-0.4, -0.2) is 53.3 Å². The summed E-state index contributed by atoms with van der Waals surface area (Å²) in [5.74, 6) is -0.761. The molecule has 116 valence electrons. The second kappa shape index (κ2) is 5.79. The Kier molecular flexibility index (Phi) is 3.68. The zero-order chi connectivity index (χ0) is 15.5. The van der Waals surface area contributed by atoms with Crippen molar-refractivity contribution >= 4 is 17.8 Å². The van der Waals surface area contributed by atoms with Crippen LogP contribution >= 0.6 is 0 Å². The molecular weight excluding hydrogens is 292 g/mol. The number of aliphatic carboxylic acids is 1. The van der Waals surface area contributed by atoms with Crippen LogP contribution in [0, 0.1) is 0 Å². The van der Waals surface area contributed by atoms with Crippen LogP contribution in [0.25, 0.3) is 0 Å². The number of aryl methyl sites for hydroxylation is 1. The number of carbonyl (C=O) groups is 2. The van der Waals surface area contributed by atoms with Gasteiger partial charge in [-0.1, -0.05) is 5.21 Å². The summed E-state index contributed by atoms with van der Waals surface area (Å²) in [6.45, 7) is 1.39. The first kappa shape index (κ1) is 14.0. The highest BCUT2D eigenvalue weighted by Gasteiger charge is 2.18. The molecule has 3 heterocycles. The van der Waals surface area contributed by atoms with Gasteiger partial charge in [-0.05, 0) is 6.42 Å². The normalized spacial score (nSPS) is 13.3. The van der Waals surface area contributed by atoms with E-state index in [-0.39, 0.29) is 18.9 Å². The largest absolute Gasteiger partial charge is 0.480 e. The van der Waals surface area contributed by atoms with Gasteiger partial charge in [0.05, 0.1) is 12.7 Å². The van der Waals surface area contributed by atoms with Gasteiger partial charge < -0.3 is 15.7 Å². The maximum Gasteiger partial charge on any atom is 0.325 e. The summed E-state index contributed by atoms with van der Waals surface area (Å²) in [5, 5.41) is 25.9. The maximum atomic E-state index is 12.0. The molecule has 11 nitrogen and oxygen atoms in total. The molecule has 1 aliphatic rings. The summed E-state index contributed by atoms with van der Waals surface area (Å²) in [6.07, 6.45) is 2.39. The fourth-order valence-corrected chi connectivity index (χ4v) is 2.04. The molecular formula is C11H14N8O3. The smallest absolute Gasteiger partial charge is 0.325 e. The number of nitrogens with one attached hydrogen (secondary N) is 2. The third kappa shape index (κ3) is 3.02. The molecule has 1 aliphatic heterocycles. The van der Waals surface area contributed by atoms with E-state index in [0.717, 1.165) is 19.5 Å². The van der Waals surface area contributed by atoms with Crippen molar-refractivity contribution in [1.29, 1.82) is 0 Å². The molecule has 0 atom stereocenters. The van der Waals surface area contributed by atoms with E-state index >= 15 is 0 Å². The molecule has 0 spiro atoms. The van der Waals surface area contributed by atoms with Gasteiger partial charge in [-0.25, -0.2) is 9.36 Å². The topological polar surface area (TPSA) is 140 Å². The van der Waals surface area contributed by atoms with Gasteiger partial charge in [0.25, 0.3) is 5.91 Å². The molecule has 0 saturated heterocycles. The minimum atomic E-state index is -1.01. The van der Waals surface area contributed by atoms with Crippen LogP contribution in [0.5, 0.6) is 0 Å². The fourth-order valence-electron chi connectivity index (χ4n) is 2.04. The monoisotopic (exact) mass is 306 g/mol. The Balaban J connectivity index is 1.59. The average Bonchev–Trinajstić information content (AvgIpc) is 3.10. The molecule has 0 aromatic carbocycles. The van der Waals surface area contributed by atoms with Crippen LogP contribution in [0.15, 0.2) is 6.20 Å². The number of hydrogen-bond donors (Lipinski definition) is 3. The zero-order valence-electron chi connectivity index (χ0n) is 11.6. The molecule has 0 saturated carbocycles. The van der Waals surface area contributed by atoms with Crippen molar-refractivity contribution in [2.24, 2.45) is 0 Å². The number of hydrogen-bond acceptors (Lipinski definition) is 7. The lowest BCUT2D eigenvalue weighted by atomic mass is 10.4. The molecule has 22 heavy (non-hydrogen) atoms. The van der Waals surface area contributed by atoms with E-state index < -0.39 is 11.9 Å². The summed E-state index contributed by atoms with van der Waals surface area (Å²) in [5.41, 5.74) is 0.455. The molecule has 2 aromatic rings. The Labute approximate surface area is 124 Å². The molecule has 3 rings (SSSR count). The van der Waals surface area contributed by atoms with Crippen molar-refractivity contribution in [3.63, 3.8) is 0 Å². The summed E-state index contributed by atoms with van der Waals surface area (Å²) < 4.78 is 2.84. The number of carbonyl (C=O) groups excluding carboxylic acids is 1. The molecule has 0 radical (unpaired) electrons. The number of amides is 1. The summed E-state index contributed by atoms with van der Waals surface area (Å²) in [4.78, 5) is 26.7. The number of aromatic nitrogens is 6. The van der Waals surface area contributed by atoms with Crippen LogP contribution < -0.4 is 10.6 Å². The van der Waals surface area contributed by atoms with Crippen LogP contribution in [0.3, 0.4) is 0 Å². The standard InChI is InChI=1S/C11H14N8O3/c20-8(21)6-18-5-7(15-17-18)4-13-10(22)9-14-11-12-2-1-3-19(11)16-9/h5H,1-4,6H2,(H,13,22)(H,20,21)(H,12,14,16). The van der Waals surface area contributed by atoms with Crippen LogP contribution in [0.4, 0.5) is 5.95 Å². The van der Waals surface area contributed by atoms with Crippen LogP contribution in [0.2, 0.25) is 0 Å². The molecule has 0 bridgehead atoms. The molecule has 1 amide bonds. The quantitative estimate of drug-likeness (QED) is 0.619. The van der Waals surface area contributed by atoms with Crippen molar-refractivity contribution < 1.29 is 14.7 Å². The zero-order valence-corrected chi connectivity index (χ0v) is 11.6. The highest BCUT2D eigenvalue weighted by molar-refractivity contribution is 5.90. The first-order valence-electron chi connectivity index (χ1n) is 6.69. The number of fused-ring (bicyclic) bond motifs is 1. The van der Waals surface area contributed by atoms with Gasteiger partial charge >= 0.3 is 5.97 Å². The fraction of sp³-hybridized carbons (Fsp3) is 0.455. The van der Waals surface area contributed by atoms with Gasteiger partial charge in [-0.15, -0.1) is 10.2 Å². The SMILES string of the molecule is O=C(O)Cn1cc(CNC(=O)c2nc3n(n2)CCCN3)nn1. The molecule has 2 aromatic heterocycles. The lowest BCUT2D eigenvalue weighted by molar-refractivity contribution is -0.137. The average molecular weight is 306 g/mol. The second-order valence-electron chi connectivity index (χ2n) is 4.75. The van der Waals surface area contributed by atoms with Crippen molar-refractivity contribution in [1.82, 2.24) is 35.1 Å². The number of anilines is 1. The number of nitrogens with zero attached hydrogens (tertiary/aromatic N) is 6. The van der Waals surface area contributed by atoms with Crippen molar-refractivity contribution in [3.05, 3.63) is 17.7 Å².